The molecule has 0 spiro atoms. The molecule has 1 aromatic heterocycles. The summed E-state index contributed by atoms with van der Waals surface area (Å²) in [5.41, 5.74) is 0. The van der Waals surface area contributed by atoms with Crippen LogP contribution in [-0.2, 0) is 14.8 Å². The number of hydrogen-bond acceptors (Lipinski definition) is 5. The summed E-state index contributed by atoms with van der Waals surface area (Å²) in [7, 11) is -3.71. The highest BCUT2D eigenvalue weighted by molar-refractivity contribution is 7.89. The van der Waals surface area contributed by atoms with E-state index in [1.54, 1.807) is 11.8 Å². The highest BCUT2D eigenvalue weighted by Gasteiger charge is 2.24. The van der Waals surface area contributed by atoms with E-state index in [9.17, 15) is 13.2 Å². The van der Waals surface area contributed by atoms with E-state index >= 15 is 0 Å². The molecule has 0 bridgehead atoms. The molecule has 1 aromatic rings. The summed E-state index contributed by atoms with van der Waals surface area (Å²) in [5.74, 6) is 0.0610. The molecule has 0 aromatic carbocycles. The molecule has 0 radical (unpaired) electrons. The number of carbonyl (C=O) groups excluding carboxylic acids is 1. The van der Waals surface area contributed by atoms with Crippen molar-refractivity contribution in [1.29, 1.82) is 0 Å². The molecule has 9 heteroatoms. The maximum atomic E-state index is 12.1. The maximum Gasteiger partial charge on any atom is 0.243 e. The van der Waals surface area contributed by atoms with Gasteiger partial charge in [0.05, 0.1) is 12.4 Å². The van der Waals surface area contributed by atoms with E-state index in [4.69, 9.17) is 11.6 Å². The molecule has 1 saturated heterocycles. The minimum Gasteiger partial charge on any atom is -0.341 e. The van der Waals surface area contributed by atoms with Crippen LogP contribution < -0.4 is 4.72 Å². The van der Waals surface area contributed by atoms with Crippen LogP contribution >= 0.6 is 11.6 Å². The number of sulfonamides is 1. The second kappa shape index (κ2) is 6.02. The lowest BCUT2D eigenvalue weighted by molar-refractivity contribution is -0.127. The topological polar surface area (TPSA) is 92.3 Å². The number of halogens is 1. The van der Waals surface area contributed by atoms with E-state index in [0.717, 1.165) is 18.8 Å². The number of hydrogen-bond donors (Lipinski definition) is 1. The Morgan fingerprint density at radius 2 is 2.10 bits per heavy atom. The highest BCUT2D eigenvalue weighted by Crippen LogP contribution is 2.12. The van der Waals surface area contributed by atoms with Crippen molar-refractivity contribution in [3.63, 3.8) is 0 Å². The predicted molar refractivity (Wildman–Crippen MR) is 72.6 cm³/mol. The Morgan fingerprint density at radius 1 is 1.45 bits per heavy atom. The van der Waals surface area contributed by atoms with Crippen LogP contribution in [0.1, 0.15) is 19.8 Å². The summed E-state index contributed by atoms with van der Waals surface area (Å²) >= 11 is 5.52. The van der Waals surface area contributed by atoms with Crippen molar-refractivity contribution < 1.29 is 13.2 Å². The molecule has 1 aliphatic rings. The zero-order valence-corrected chi connectivity index (χ0v) is 12.5. The lowest BCUT2D eigenvalue weighted by atomic mass is 10.3. The first kappa shape index (κ1) is 15.1. The van der Waals surface area contributed by atoms with Crippen molar-refractivity contribution in [1.82, 2.24) is 19.6 Å². The molecule has 1 amide bonds. The van der Waals surface area contributed by atoms with E-state index in [2.05, 4.69) is 14.7 Å². The number of amides is 1. The third-order valence-corrected chi connectivity index (χ3v) is 4.67. The van der Waals surface area contributed by atoms with Crippen molar-refractivity contribution in [2.45, 2.75) is 30.7 Å². The summed E-state index contributed by atoms with van der Waals surface area (Å²) in [5, 5.41) is -0.0142. The molecule has 110 valence electrons. The Bertz CT molecular complexity index is 590. The summed E-state index contributed by atoms with van der Waals surface area (Å²) < 4.78 is 26.6. The van der Waals surface area contributed by atoms with Crippen molar-refractivity contribution in [3.8, 4) is 0 Å². The van der Waals surface area contributed by atoms with Gasteiger partial charge in [-0.3, -0.25) is 4.79 Å². The monoisotopic (exact) mass is 318 g/mol. The second-order valence-corrected chi connectivity index (χ2v) is 6.71. The molecule has 1 atom stereocenters. The van der Waals surface area contributed by atoms with E-state index in [0.29, 0.717) is 19.5 Å². The SMILES string of the molecule is CC(CN1CCCC1=O)NS(=O)(=O)c1cnc(Cl)nc1. The first-order valence-corrected chi connectivity index (χ1v) is 8.02. The molecular weight excluding hydrogens is 304 g/mol. The smallest absolute Gasteiger partial charge is 0.243 e. The van der Waals surface area contributed by atoms with Crippen LogP contribution in [0.25, 0.3) is 0 Å². The molecular formula is C11H15ClN4O3S. The zero-order chi connectivity index (χ0) is 14.8. The first-order chi connectivity index (χ1) is 9.38. The van der Waals surface area contributed by atoms with Crippen LogP contribution in [0, 0.1) is 0 Å². The number of carbonyl (C=O) groups is 1. The van der Waals surface area contributed by atoms with Crippen molar-refractivity contribution in [2.75, 3.05) is 13.1 Å². The fourth-order valence-corrected chi connectivity index (χ4v) is 3.26. The quantitative estimate of drug-likeness (QED) is 0.794. The highest BCUT2D eigenvalue weighted by atomic mass is 35.5. The normalized spacial score (nSPS) is 17.5. The Morgan fingerprint density at radius 3 is 2.65 bits per heavy atom. The van der Waals surface area contributed by atoms with Crippen LogP contribution in [0.15, 0.2) is 17.3 Å². The molecule has 2 heterocycles. The fourth-order valence-electron chi connectivity index (χ4n) is 2.04. The van der Waals surface area contributed by atoms with E-state index in [-0.39, 0.29) is 16.1 Å². The molecule has 0 aliphatic carbocycles. The van der Waals surface area contributed by atoms with Gasteiger partial charge in [-0.25, -0.2) is 23.1 Å². The molecule has 0 saturated carbocycles. The van der Waals surface area contributed by atoms with Gasteiger partial charge >= 0.3 is 0 Å². The summed E-state index contributed by atoms with van der Waals surface area (Å²) in [4.78, 5) is 20.4. The van der Waals surface area contributed by atoms with Gasteiger partial charge in [0.2, 0.25) is 21.2 Å². The van der Waals surface area contributed by atoms with Crippen molar-refractivity contribution in [2.24, 2.45) is 0 Å². The van der Waals surface area contributed by atoms with Crippen LogP contribution in [0.4, 0.5) is 0 Å². The summed E-state index contributed by atoms with van der Waals surface area (Å²) in [6, 6.07) is -0.391. The Labute approximate surface area is 122 Å². The zero-order valence-electron chi connectivity index (χ0n) is 10.9. The van der Waals surface area contributed by atoms with Gasteiger partial charge in [-0.05, 0) is 24.9 Å². The van der Waals surface area contributed by atoms with Crippen LogP contribution in [0.2, 0.25) is 5.28 Å². The first-order valence-electron chi connectivity index (χ1n) is 6.16. The van der Waals surface area contributed by atoms with Gasteiger partial charge in [-0.1, -0.05) is 0 Å². The van der Waals surface area contributed by atoms with Gasteiger partial charge < -0.3 is 4.90 Å². The largest absolute Gasteiger partial charge is 0.341 e. The summed E-state index contributed by atoms with van der Waals surface area (Å²) in [6.07, 6.45) is 3.64. The maximum absolute atomic E-state index is 12.1. The average molecular weight is 319 g/mol. The molecule has 1 aliphatic heterocycles. The molecule has 7 nitrogen and oxygen atoms in total. The molecule has 1 fully saturated rings. The van der Waals surface area contributed by atoms with Gasteiger partial charge in [0, 0.05) is 25.6 Å². The molecule has 1 N–H and O–H groups in total. The van der Waals surface area contributed by atoms with Crippen LogP contribution in [-0.4, -0.2) is 48.3 Å². The lowest BCUT2D eigenvalue weighted by Crippen LogP contribution is -2.42. The standard InChI is InChI=1S/C11H15ClN4O3S/c1-8(7-16-4-2-3-10(16)17)15-20(18,19)9-5-13-11(12)14-6-9/h5-6,8,15H,2-4,7H2,1H3. The second-order valence-electron chi connectivity index (χ2n) is 4.65. The Kier molecular flexibility index (Phi) is 4.56. The van der Waals surface area contributed by atoms with E-state index in [1.807, 2.05) is 0 Å². The Hall–Kier alpha value is -1.25. The van der Waals surface area contributed by atoms with Gasteiger partial charge in [0.15, 0.2) is 0 Å². The average Bonchev–Trinajstić information content (AvgIpc) is 2.74. The summed E-state index contributed by atoms with van der Waals surface area (Å²) in [6.45, 7) is 2.74. The number of nitrogens with zero attached hydrogens (tertiary/aromatic N) is 3. The van der Waals surface area contributed by atoms with E-state index < -0.39 is 16.1 Å². The molecule has 2 rings (SSSR count). The van der Waals surface area contributed by atoms with Gasteiger partial charge in [0.25, 0.3) is 0 Å². The number of nitrogens with one attached hydrogen (secondary N) is 1. The third-order valence-electron chi connectivity index (χ3n) is 2.93. The lowest BCUT2D eigenvalue weighted by Gasteiger charge is -2.21. The molecule has 20 heavy (non-hydrogen) atoms. The van der Waals surface area contributed by atoms with Gasteiger partial charge in [-0.15, -0.1) is 0 Å². The predicted octanol–water partition coefficient (Wildman–Crippen LogP) is 0.419. The third kappa shape index (κ3) is 3.65. The minimum atomic E-state index is -3.71. The minimum absolute atomic E-state index is 0.0142. The fraction of sp³-hybridized carbons (Fsp3) is 0.545. The van der Waals surface area contributed by atoms with Gasteiger partial charge in [0.1, 0.15) is 4.90 Å². The van der Waals surface area contributed by atoms with Crippen LogP contribution in [0.3, 0.4) is 0 Å². The van der Waals surface area contributed by atoms with Crippen molar-refractivity contribution in [3.05, 3.63) is 17.7 Å². The number of likely N-dealkylation sites (tertiary alicyclic amines) is 1. The van der Waals surface area contributed by atoms with Gasteiger partial charge in [-0.2, -0.15) is 0 Å². The number of aromatic nitrogens is 2. The van der Waals surface area contributed by atoms with Crippen molar-refractivity contribution >= 4 is 27.5 Å². The number of rotatable bonds is 5. The molecule has 1 unspecified atom stereocenters. The Balaban J connectivity index is 2.00. The van der Waals surface area contributed by atoms with Crippen LogP contribution in [0.5, 0.6) is 0 Å². The van der Waals surface area contributed by atoms with E-state index in [1.165, 1.54) is 0 Å².